The molecule has 0 radical (unpaired) electrons. The van der Waals surface area contributed by atoms with Crippen molar-refractivity contribution >= 4 is 11.4 Å². The maximum atomic E-state index is 11.0. The van der Waals surface area contributed by atoms with E-state index in [2.05, 4.69) is 10.2 Å². The zero-order chi connectivity index (χ0) is 11.1. The summed E-state index contributed by atoms with van der Waals surface area (Å²) in [6.45, 7) is 1.38. The van der Waals surface area contributed by atoms with Gasteiger partial charge in [0.05, 0.1) is 11.5 Å². The molecule has 0 fully saturated rings. The number of ether oxygens (including phenoxy) is 1. The number of benzene rings is 1. The van der Waals surface area contributed by atoms with Crippen LogP contribution in [0.3, 0.4) is 0 Å². The van der Waals surface area contributed by atoms with Gasteiger partial charge in [-0.3, -0.25) is 0 Å². The lowest BCUT2D eigenvalue weighted by Gasteiger charge is -2.03. The number of nitrogens with zero attached hydrogens (tertiary/aromatic N) is 1. The third kappa shape index (κ3) is 3.55. The molecular formula is C10H15N2O3+. The van der Waals surface area contributed by atoms with Crippen molar-refractivity contribution in [3.05, 3.63) is 29.2 Å². The summed E-state index contributed by atoms with van der Waals surface area (Å²) in [5, 5.41) is 3.14. The molecule has 15 heavy (non-hydrogen) atoms. The number of rotatable bonds is 6. The number of hydrogen-bond acceptors (Lipinski definition) is 4. The summed E-state index contributed by atoms with van der Waals surface area (Å²) in [7, 11) is 2.98. The highest BCUT2D eigenvalue weighted by Crippen LogP contribution is 2.15. The van der Waals surface area contributed by atoms with Crippen molar-refractivity contribution < 1.29 is 14.5 Å². The molecule has 1 rings (SSSR count). The third-order valence-corrected chi connectivity index (χ3v) is 1.88. The molecule has 0 saturated heterocycles. The van der Waals surface area contributed by atoms with Gasteiger partial charge in [0.2, 0.25) is 0 Å². The molecule has 1 aromatic carbocycles. The highest BCUT2D eigenvalue weighted by molar-refractivity contribution is 5.48. The summed E-state index contributed by atoms with van der Waals surface area (Å²) < 4.78 is 4.90. The van der Waals surface area contributed by atoms with Crippen molar-refractivity contribution in [3.63, 3.8) is 0 Å². The summed E-state index contributed by atoms with van der Waals surface area (Å²) >= 11 is 0. The Morgan fingerprint density at radius 3 is 2.47 bits per heavy atom. The Hall–Kier alpha value is -1.62. The van der Waals surface area contributed by atoms with Crippen LogP contribution >= 0.6 is 0 Å². The van der Waals surface area contributed by atoms with Crippen LogP contribution in [0.5, 0.6) is 0 Å². The standard InChI is InChI=1S/C10H15N2O3/c1-14-8-7-11-9-3-5-10(6-4-9)12(13)15-2/h3-6,11H,7-8H2,1-2H3/q+1. The van der Waals surface area contributed by atoms with Gasteiger partial charge in [0.15, 0.2) is 7.11 Å². The first-order valence-corrected chi connectivity index (χ1v) is 4.62. The fraction of sp³-hybridized carbons (Fsp3) is 0.400. The molecule has 5 nitrogen and oxygen atoms in total. The van der Waals surface area contributed by atoms with Crippen LogP contribution in [-0.2, 0) is 9.57 Å². The van der Waals surface area contributed by atoms with Gasteiger partial charge in [-0.2, -0.15) is 0 Å². The zero-order valence-electron chi connectivity index (χ0n) is 8.90. The van der Waals surface area contributed by atoms with E-state index >= 15 is 0 Å². The normalized spacial score (nSPS) is 9.73. The Labute approximate surface area is 88.5 Å². The fourth-order valence-corrected chi connectivity index (χ4v) is 1.10. The predicted octanol–water partition coefficient (Wildman–Crippen LogP) is 1.72. The average Bonchev–Trinajstić information content (AvgIpc) is 2.29. The second-order valence-corrected chi connectivity index (χ2v) is 2.91. The van der Waals surface area contributed by atoms with Crippen LogP contribution in [0.25, 0.3) is 0 Å². The molecule has 5 heteroatoms. The van der Waals surface area contributed by atoms with Gasteiger partial charge in [-0.1, -0.05) is 0 Å². The first-order valence-electron chi connectivity index (χ1n) is 4.62. The minimum absolute atomic E-state index is 0.457. The van der Waals surface area contributed by atoms with E-state index in [-0.39, 0.29) is 0 Å². The summed E-state index contributed by atoms with van der Waals surface area (Å²) in [6, 6.07) is 7.00. The molecule has 0 aliphatic heterocycles. The monoisotopic (exact) mass is 211 g/mol. The summed E-state index contributed by atoms with van der Waals surface area (Å²) in [4.78, 5) is 16.0. The quantitative estimate of drug-likeness (QED) is 0.575. The molecule has 0 aliphatic carbocycles. The first-order chi connectivity index (χ1) is 7.27. The van der Waals surface area contributed by atoms with Crippen molar-refractivity contribution in [1.82, 2.24) is 0 Å². The molecule has 0 saturated carbocycles. The molecule has 0 heterocycles. The molecule has 0 aromatic heterocycles. The van der Waals surface area contributed by atoms with Gasteiger partial charge >= 0.3 is 5.69 Å². The minimum Gasteiger partial charge on any atom is -0.383 e. The molecule has 1 N–H and O–H groups in total. The number of nitrogens with one attached hydrogen (secondary N) is 1. The molecule has 0 atom stereocenters. The first kappa shape index (κ1) is 11.5. The molecule has 0 aliphatic rings. The summed E-state index contributed by atoms with van der Waals surface area (Å²) in [5.41, 5.74) is 1.41. The molecular weight excluding hydrogens is 196 g/mol. The van der Waals surface area contributed by atoms with E-state index in [9.17, 15) is 4.91 Å². The van der Waals surface area contributed by atoms with Crippen molar-refractivity contribution in [2.45, 2.75) is 0 Å². The zero-order valence-corrected chi connectivity index (χ0v) is 8.90. The van der Waals surface area contributed by atoms with E-state index in [0.717, 1.165) is 12.2 Å². The molecule has 82 valence electrons. The number of anilines is 1. The predicted molar refractivity (Wildman–Crippen MR) is 57.1 cm³/mol. The van der Waals surface area contributed by atoms with Gasteiger partial charge in [0.1, 0.15) is 0 Å². The van der Waals surface area contributed by atoms with E-state index in [0.29, 0.717) is 17.2 Å². The number of hydrogen-bond donors (Lipinski definition) is 1. The Morgan fingerprint density at radius 1 is 1.27 bits per heavy atom. The minimum atomic E-state index is 0.457. The van der Waals surface area contributed by atoms with Gasteiger partial charge in [-0.15, -0.1) is 0 Å². The van der Waals surface area contributed by atoms with Gasteiger partial charge in [-0.25, -0.2) is 4.84 Å². The maximum Gasteiger partial charge on any atom is 0.316 e. The van der Waals surface area contributed by atoms with E-state index in [4.69, 9.17) is 4.74 Å². The van der Waals surface area contributed by atoms with Crippen molar-refractivity contribution in [2.75, 3.05) is 32.7 Å². The molecule has 0 unspecified atom stereocenters. The van der Waals surface area contributed by atoms with Gasteiger partial charge in [0, 0.05) is 31.5 Å². The average molecular weight is 211 g/mol. The lowest BCUT2D eigenvalue weighted by Crippen LogP contribution is -2.07. The van der Waals surface area contributed by atoms with Crippen LogP contribution < -0.4 is 5.32 Å². The third-order valence-electron chi connectivity index (χ3n) is 1.88. The Morgan fingerprint density at radius 2 is 1.93 bits per heavy atom. The second-order valence-electron chi connectivity index (χ2n) is 2.91. The second kappa shape index (κ2) is 5.98. The van der Waals surface area contributed by atoms with Gasteiger partial charge in [0.25, 0.3) is 4.92 Å². The van der Waals surface area contributed by atoms with Crippen LogP contribution in [-0.4, -0.2) is 32.3 Å². The number of methoxy groups -OCH3 is 1. The van der Waals surface area contributed by atoms with E-state index in [1.165, 1.54) is 7.11 Å². The lowest BCUT2D eigenvalue weighted by molar-refractivity contribution is -0.736. The highest BCUT2D eigenvalue weighted by Gasteiger charge is 2.12. The highest BCUT2D eigenvalue weighted by atomic mass is 16.8. The molecule has 0 bridgehead atoms. The Kier molecular flexibility index (Phi) is 4.56. The van der Waals surface area contributed by atoms with Gasteiger partial charge in [-0.05, 0) is 12.1 Å². The molecule has 1 aromatic rings. The van der Waals surface area contributed by atoms with E-state index in [1.807, 2.05) is 12.1 Å². The summed E-state index contributed by atoms with van der Waals surface area (Å²) in [5.74, 6) is 0. The fourth-order valence-electron chi connectivity index (χ4n) is 1.10. The van der Waals surface area contributed by atoms with Crippen molar-refractivity contribution in [3.8, 4) is 0 Å². The smallest absolute Gasteiger partial charge is 0.316 e. The van der Waals surface area contributed by atoms with Crippen molar-refractivity contribution in [1.29, 1.82) is 0 Å². The largest absolute Gasteiger partial charge is 0.383 e. The van der Waals surface area contributed by atoms with Crippen LogP contribution in [0.4, 0.5) is 11.4 Å². The molecule has 0 spiro atoms. The van der Waals surface area contributed by atoms with E-state index in [1.54, 1.807) is 19.2 Å². The molecule has 0 amide bonds. The van der Waals surface area contributed by atoms with Crippen LogP contribution in [0.2, 0.25) is 0 Å². The van der Waals surface area contributed by atoms with Gasteiger partial charge < -0.3 is 10.1 Å². The Bertz CT molecular complexity index is 311. The maximum absolute atomic E-state index is 11.0. The van der Waals surface area contributed by atoms with Crippen LogP contribution in [0, 0.1) is 4.91 Å². The van der Waals surface area contributed by atoms with Crippen molar-refractivity contribution in [2.24, 2.45) is 0 Å². The van der Waals surface area contributed by atoms with Crippen LogP contribution in [0.1, 0.15) is 0 Å². The van der Waals surface area contributed by atoms with Crippen LogP contribution in [0.15, 0.2) is 24.3 Å². The lowest BCUT2D eigenvalue weighted by atomic mass is 10.3. The Balaban J connectivity index is 2.52. The summed E-state index contributed by atoms with van der Waals surface area (Å²) in [6.07, 6.45) is 0. The SMILES string of the molecule is COCCNc1ccc([N+](=O)OC)cc1. The topological polar surface area (TPSA) is 50.6 Å². The van der Waals surface area contributed by atoms with E-state index < -0.39 is 0 Å².